The Morgan fingerprint density at radius 1 is 1.47 bits per heavy atom. The molecule has 0 aliphatic heterocycles. The van der Waals surface area contributed by atoms with E-state index >= 15 is 0 Å². The first-order chi connectivity index (χ1) is 8.93. The lowest BCUT2D eigenvalue weighted by Crippen LogP contribution is -2.42. The Kier molecular flexibility index (Phi) is 5.23. The molecular weight excluding hydrogens is 250 g/mol. The van der Waals surface area contributed by atoms with E-state index in [1.54, 1.807) is 0 Å². The van der Waals surface area contributed by atoms with Crippen molar-refractivity contribution in [2.75, 3.05) is 7.11 Å². The molecule has 0 aliphatic rings. The van der Waals surface area contributed by atoms with Gasteiger partial charge in [-0.25, -0.2) is 9.78 Å². The van der Waals surface area contributed by atoms with Crippen LogP contribution < -0.4 is 10.9 Å². The van der Waals surface area contributed by atoms with Crippen molar-refractivity contribution in [3.63, 3.8) is 0 Å². The number of nitrogens with one attached hydrogen (secondary N) is 2. The van der Waals surface area contributed by atoms with Gasteiger partial charge in [0.15, 0.2) is 0 Å². The van der Waals surface area contributed by atoms with E-state index < -0.39 is 23.5 Å². The number of esters is 1. The standard InChI is InChI=1S/C12H17N3O4/c1-7(2)4-8(12(18)19-3)15-11(17)9-5-14-10(16)6-13-9/h5-8H,4H2,1-3H3,(H,14,16)(H,15,17). The third-order valence-electron chi connectivity index (χ3n) is 2.40. The number of nitrogens with zero attached hydrogens (tertiary/aromatic N) is 1. The van der Waals surface area contributed by atoms with Crippen LogP contribution in [0.2, 0.25) is 0 Å². The van der Waals surface area contributed by atoms with E-state index in [0.29, 0.717) is 6.42 Å². The number of H-pyrrole nitrogens is 1. The average Bonchev–Trinajstić information content (AvgIpc) is 2.37. The van der Waals surface area contributed by atoms with Gasteiger partial charge in [0.05, 0.1) is 13.3 Å². The normalized spacial score (nSPS) is 12.0. The highest BCUT2D eigenvalue weighted by Gasteiger charge is 2.23. The highest BCUT2D eigenvalue weighted by Crippen LogP contribution is 2.07. The Labute approximate surface area is 110 Å². The molecule has 0 spiro atoms. The van der Waals surface area contributed by atoms with Crippen LogP contribution in [0.15, 0.2) is 17.2 Å². The van der Waals surface area contributed by atoms with E-state index in [0.717, 1.165) is 6.20 Å². The summed E-state index contributed by atoms with van der Waals surface area (Å²) >= 11 is 0. The number of hydrogen-bond donors (Lipinski definition) is 2. The molecule has 0 aliphatic carbocycles. The van der Waals surface area contributed by atoms with Crippen molar-refractivity contribution >= 4 is 11.9 Å². The van der Waals surface area contributed by atoms with Crippen molar-refractivity contribution in [2.45, 2.75) is 26.3 Å². The number of methoxy groups -OCH3 is 1. The van der Waals surface area contributed by atoms with Gasteiger partial charge in [0, 0.05) is 6.20 Å². The van der Waals surface area contributed by atoms with E-state index in [-0.39, 0.29) is 11.6 Å². The molecule has 1 aromatic rings. The zero-order valence-corrected chi connectivity index (χ0v) is 11.1. The second kappa shape index (κ2) is 6.67. The van der Waals surface area contributed by atoms with Gasteiger partial charge in [-0.15, -0.1) is 0 Å². The van der Waals surface area contributed by atoms with Crippen molar-refractivity contribution in [1.82, 2.24) is 15.3 Å². The zero-order chi connectivity index (χ0) is 14.4. The molecule has 1 aromatic heterocycles. The number of rotatable bonds is 5. The monoisotopic (exact) mass is 267 g/mol. The van der Waals surface area contributed by atoms with Crippen LogP contribution in [0.4, 0.5) is 0 Å². The first kappa shape index (κ1) is 14.9. The molecule has 1 amide bonds. The summed E-state index contributed by atoms with van der Waals surface area (Å²) in [7, 11) is 1.26. The first-order valence-electron chi connectivity index (χ1n) is 5.87. The number of carbonyl (C=O) groups is 2. The van der Waals surface area contributed by atoms with E-state index in [1.807, 2.05) is 13.8 Å². The largest absolute Gasteiger partial charge is 0.467 e. The van der Waals surface area contributed by atoms with E-state index in [2.05, 4.69) is 20.0 Å². The molecule has 19 heavy (non-hydrogen) atoms. The third kappa shape index (κ3) is 4.53. The minimum atomic E-state index is -0.730. The lowest BCUT2D eigenvalue weighted by atomic mass is 10.0. The third-order valence-corrected chi connectivity index (χ3v) is 2.40. The Hall–Kier alpha value is -2.18. The van der Waals surface area contributed by atoms with Gasteiger partial charge in [-0.3, -0.25) is 9.59 Å². The highest BCUT2D eigenvalue weighted by atomic mass is 16.5. The molecule has 7 nitrogen and oxygen atoms in total. The lowest BCUT2D eigenvalue weighted by molar-refractivity contribution is -0.143. The summed E-state index contributed by atoms with van der Waals surface area (Å²) in [5, 5.41) is 2.54. The summed E-state index contributed by atoms with van der Waals surface area (Å²) in [5.41, 5.74) is -0.361. The average molecular weight is 267 g/mol. The fourth-order valence-corrected chi connectivity index (χ4v) is 1.53. The molecule has 0 aromatic carbocycles. The molecule has 0 saturated heterocycles. The molecule has 2 N–H and O–H groups in total. The molecule has 0 fully saturated rings. The summed E-state index contributed by atoms with van der Waals surface area (Å²) in [4.78, 5) is 40.3. The Morgan fingerprint density at radius 2 is 2.16 bits per heavy atom. The number of aromatic nitrogens is 2. The van der Waals surface area contributed by atoms with Crippen LogP contribution in [0.1, 0.15) is 30.8 Å². The van der Waals surface area contributed by atoms with Gasteiger partial charge in [0.25, 0.3) is 11.5 Å². The first-order valence-corrected chi connectivity index (χ1v) is 5.87. The van der Waals surface area contributed by atoms with Gasteiger partial charge in [0.1, 0.15) is 11.7 Å². The molecule has 1 unspecified atom stereocenters. The summed E-state index contributed by atoms with van der Waals surface area (Å²) < 4.78 is 4.64. The topological polar surface area (TPSA) is 101 Å². The van der Waals surface area contributed by atoms with Crippen LogP contribution in [0.25, 0.3) is 0 Å². The van der Waals surface area contributed by atoms with Gasteiger partial charge in [0.2, 0.25) is 0 Å². The molecule has 1 rings (SSSR count). The molecule has 104 valence electrons. The Morgan fingerprint density at radius 3 is 2.63 bits per heavy atom. The molecular formula is C12H17N3O4. The maximum atomic E-state index is 11.9. The fourth-order valence-electron chi connectivity index (χ4n) is 1.53. The Bertz CT molecular complexity index is 489. The SMILES string of the molecule is COC(=O)C(CC(C)C)NC(=O)c1c[nH]c(=O)cn1. The van der Waals surface area contributed by atoms with Crippen LogP contribution in [-0.4, -0.2) is 35.0 Å². The second-order valence-electron chi connectivity index (χ2n) is 4.48. The van der Waals surface area contributed by atoms with E-state index in [4.69, 9.17) is 0 Å². The summed E-state index contributed by atoms with van der Waals surface area (Å²) in [6.07, 6.45) is 2.66. The molecule has 1 atom stereocenters. The minimum Gasteiger partial charge on any atom is -0.467 e. The molecule has 7 heteroatoms. The van der Waals surface area contributed by atoms with Crippen LogP contribution >= 0.6 is 0 Å². The second-order valence-corrected chi connectivity index (χ2v) is 4.48. The molecule has 0 bridgehead atoms. The van der Waals surface area contributed by atoms with E-state index in [1.165, 1.54) is 13.3 Å². The lowest BCUT2D eigenvalue weighted by Gasteiger charge is -2.17. The van der Waals surface area contributed by atoms with Crippen LogP contribution in [0.5, 0.6) is 0 Å². The maximum Gasteiger partial charge on any atom is 0.328 e. The van der Waals surface area contributed by atoms with Crippen LogP contribution in [0, 0.1) is 5.92 Å². The number of aromatic amines is 1. The van der Waals surface area contributed by atoms with Crippen molar-refractivity contribution in [3.8, 4) is 0 Å². The Balaban J connectivity index is 2.78. The predicted molar refractivity (Wildman–Crippen MR) is 67.6 cm³/mol. The van der Waals surface area contributed by atoms with Gasteiger partial charge in [-0.05, 0) is 12.3 Å². The number of amides is 1. The zero-order valence-electron chi connectivity index (χ0n) is 11.1. The number of carbonyl (C=O) groups excluding carboxylic acids is 2. The fraction of sp³-hybridized carbons (Fsp3) is 0.500. The van der Waals surface area contributed by atoms with E-state index in [9.17, 15) is 14.4 Å². The van der Waals surface area contributed by atoms with Crippen molar-refractivity contribution in [3.05, 3.63) is 28.4 Å². The number of ether oxygens (including phenoxy) is 1. The van der Waals surface area contributed by atoms with Gasteiger partial charge in [-0.1, -0.05) is 13.8 Å². The smallest absolute Gasteiger partial charge is 0.328 e. The van der Waals surface area contributed by atoms with Crippen molar-refractivity contribution in [1.29, 1.82) is 0 Å². The highest BCUT2D eigenvalue weighted by molar-refractivity contribution is 5.94. The molecule has 0 radical (unpaired) electrons. The summed E-state index contributed by atoms with van der Waals surface area (Å²) in [5.74, 6) is -0.827. The molecule has 1 heterocycles. The van der Waals surface area contributed by atoms with Gasteiger partial charge >= 0.3 is 5.97 Å². The maximum absolute atomic E-state index is 11.9. The number of hydrogen-bond acceptors (Lipinski definition) is 5. The quantitative estimate of drug-likeness (QED) is 0.736. The van der Waals surface area contributed by atoms with Crippen molar-refractivity contribution in [2.24, 2.45) is 5.92 Å². The molecule has 0 saturated carbocycles. The minimum absolute atomic E-state index is 0.0391. The predicted octanol–water partition coefficient (Wildman–Crippen LogP) is 0.0874. The summed E-state index contributed by atoms with van der Waals surface area (Å²) in [6, 6.07) is -0.730. The van der Waals surface area contributed by atoms with Crippen LogP contribution in [0.3, 0.4) is 0 Å². The summed E-state index contributed by atoms with van der Waals surface area (Å²) in [6.45, 7) is 3.86. The van der Waals surface area contributed by atoms with Gasteiger partial charge < -0.3 is 15.0 Å². The van der Waals surface area contributed by atoms with Gasteiger partial charge in [-0.2, -0.15) is 0 Å². The van der Waals surface area contributed by atoms with Crippen LogP contribution in [-0.2, 0) is 9.53 Å². The van der Waals surface area contributed by atoms with Crippen molar-refractivity contribution < 1.29 is 14.3 Å².